The van der Waals surface area contributed by atoms with E-state index in [0.717, 1.165) is 31.8 Å². The lowest BCUT2D eigenvalue weighted by Gasteiger charge is -2.38. The molecule has 2 N–H and O–H groups in total. The van der Waals surface area contributed by atoms with E-state index in [1.807, 2.05) is 0 Å². The minimum atomic E-state index is 0.323. The monoisotopic (exact) mass is 218 g/mol. The Bertz CT molecular complexity index is 399. The third-order valence-corrected chi connectivity index (χ3v) is 3.40. The molecule has 2 aliphatic rings. The number of likely N-dealkylation sites (tertiary alicyclic amines) is 1. The predicted octanol–water partition coefficient (Wildman–Crippen LogP) is 0.941. The van der Waals surface area contributed by atoms with Gasteiger partial charge in [-0.15, -0.1) is 0 Å². The van der Waals surface area contributed by atoms with Crippen molar-refractivity contribution in [2.24, 2.45) is 5.73 Å². The summed E-state index contributed by atoms with van der Waals surface area (Å²) in [6.07, 6.45) is 1.37. The van der Waals surface area contributed by atoms with Crippen molar-refractivity contribution in [1.82, 2.24) is 4.90 Å². The number of benzene rings is 1. The Labute approximate surface area is 96.2 Å². The molecule has 2 aliphatic heterocycles. The van der Waals surface area contributed by atoms with E-state index in [-0.39, 0.29) is 0 Å². The molecule has 3 heteroatoms. The van der Waals surface area contributed by atoms with Gasteiger partial charge in [0.25, 0.3) is 0 Å². The van der Waals surface area contributed by atoms with Crippen molar-refractivity contribution in [3.05, 3.63) is 29.3 Å². The van der Waals surface area contributed by atoms with E-state index in [1.165, 1.54) is 11.1 Å². The first-order valence-electron chi connectivity index (χ1n) is 5.95. The van der Waals surface area contributed by atoms with Gasteiger partial charge in [-0.3, -0.25) is 4.90 Å². The van der Waals surface area contributed by atoms with E-state index in [9.17, 15) is 0 Å². The molecule has 0 aliphatic carbocycles. The summed E-state index contributed by atoms with van der Waals surface area (Å²) in [5, 5.41) is 0. The fourth-order valence-electron chi connectivity index (χ4n) is 2.60. The molecule has 0 amide bonds. The summed E-state index contributed by atoms with van der Waals surface area (Å²) in [4.78, 5) is 2.37. The van der Waals surface area contributed by atoms with E-state index < -0.39 is 0 Å². The van der Waals surface area contributed by atoms with E-state index in [0.29, 0.717) is 12.1 Å². The van der Waals surface area contributed by atoms with Gasteiger partial charge in [0, 0.05) is 32.1 Å². The summed E-state index contributed by atoms with van der Waals surface area (Å²) in [7, 11) is 0. The molecule has 0 aromatic heterocycles. The second kappa shape index (κ2) is 3.75. The smallest absolute Gasteiger partial charge is 0.123 e. The van der Waals surface area contributed by atoms with Gasteiger partial charge in [-0.05, 0) is 18.6 Å². The van der Waals surface area contributed by atoms with Crippen molar-refractivity contribution < 1.29 is 4.74 Å². The average molecular weight is 218 g/mol. The molecule has 86 valence electrons. The molecule has 0 bridgehead atoms. The van der Waals surface area contributed by atoms with Crippen LogP contribution in [0.25, 0.3) is 0 Å². The summed E-state index contributed by atoms with van der Waals surface area (Å²) in [6.45, 7) is 5.19. The predicted molar refractivity (Wildman–Crippen MR) is 63.7 cm³/mol. The van der Waals surface area contributed by atoms with E-state index >= 15 is 0 Å². The van der Waals surface area contributed by atoms with Gasteiger partial charge in [0.05, 0.1) is 0 Å². The van der Waals surface area contributed by atoms with Crippen LogP contribution in [0.1, 0.15) is 11.1 Å². The third kappa shape index (κ3) is 1.81. The van der Waals surface area contributed by atoms with Crippen molar-refractivity contribution in [3.63, 3.8) is 0 Å². The summed E-state index contributed by atoms with van der Waals surface area (Å²) < 4.78 is 5.92. The quantitative estimate of drug-likeness (QED) is 0.803. The highest BCUT2D eigenvalue weighted by Gasteiger charge is 2.29. The van der Waals surface area contributed by atoms with Crippen LogP contribution in [-0.4, -0.2) is 36.7 Å². The molecule has 1 fully saturated rings. The number of aryl methyl sites for hydroxylation is 1. The number of fused-ring (bicyclic) bond motifs is 1. The SMILES string of the molecule is Cc1ccc2c(c1)CC(CN1CC(N)C1)O2. The maximum absolute atomic E-state index is 5.92. The second-order valence-electron chi connectivity index (χ2n) is 5.03. The Balaban J connectivity index is 1.62. The van der Waals surface area contributed by atoms with Crippen molar-refractivity contribution in [2.75, 3.05) is 19.6 Å². The minimum Gasteiger partial charge on any atom is -0.488 e. The number of nitrogens with two attached hydrogens (primary N) is 1. The molecule has 1 aromatic carbocycles. The number of nitrogens with zero attached hydrogens (tertiary/aromatic N) is 1. The van der Waals surface area contributed by atoms with E-state index in [2.05, 4.69) is 30.0 Å². The largest absolute Gasteiger partial charge is 0.488 e. The standard InChI is InChI=1S/C13H18N2O/c1-9-2-3-13-10(4-9)5-12(16-13)8-15-6-11(14)7-15/h2-4,11-12H,5-8,14H2,1H3. The van der Waals surface area contributed by atoms with Gasteiger partial charge in [-0.1, -0.05) is 17.7 Å². The zero-order valence-electron chi connectivity index (χ0n) is 9.65. The fraction of sp³-hybridized carbons (Fsp3) is 0.538. The van der Waals surface area contributed by atoms with Crippen LogP contribution < -0.4 is 10.5 Å². The molecule has 0 spiro atoms. The summed E-state index contributed by atoms with van der Waals surface area (Å²) in [6, 6.07) is 6.82. The van der Waals surface area contributed by atoms with Crippen LogP contribution in [0.2, 0.25) is 0 Å². The van der Waals surface area contributed by atoms with Crippen molar-refractivity contribution in [2.45, 2.75) is 25.5 Å². The van der Waals surface area contributed by atoms with Crippen LogP contribution >= 0.6 is 0 Å². The highest BCUT2D eigenvalue weighted by molar-refractivity contribution is 5.40. The molecule has 0 radical (unpaired) electrons. The van der Waals surface area contributed by atoms with Crippen LogP contribution in [0.15, 0.2) is 18.2 Å². The van der Waals surface area contributed by atoms with Crippen molar-refractivity contribution in [3.8, 4) is 5.75 Å². The van der Waals surface area contributed by atoms with Crippen molar-refractivity contribution >= 4 is 0 Å². The molecule has 1 saturated heterocycles. The van der Waals surface area contributed by atoms with Crippen LogP contribution in [-0.2, 0) is 6.42 Å². The van der Waals surface area contributed by atoms with E-state index in [1.54, 1.807) is 0 Å². The highest BCUT2D eigenvalue weighted by atomic mass is 16.5. The first-order valence-corrected chi connectivity index (χ1v) is 5.95. The topological polar surface area (TPSA) is 38.5 Å². The molecule has 1 unspecified atom stereocenters. The van der Waals surface area contributed by atoms with Gasteiger partial charge in [0.2, 0.25) is 0 Å². The lowest BCUT2D eigenvalue weighted by atomic mass is 10.1. The first kappa shape index (κ1) is 10.1. The lowest BCUT2D eigenvalue weighted by molar-refractivity contribution is 0.0900. The van der Waals surface area contributed by atoms with Gasteiger partial charge >= 0.3 is 0 Å². The Morgan fingerprint density at radius 1 is 1.44 bits per heavy atom. The van der Waals surface area contributed by atoms with Gasteiger partial charge in [-0.2, -0.15) is 0 Å². The average Bonchev–Trinajstić information content (AvgIpc) is 2.57. The lowest BCUT2D eigenvalue weighted by Crippen LogP contribution is -2.57. The van der Waals surface area contributed by atoms with Crippen LogP contribution in [0, 0.1) is 6.92 Å². The maximum Gasteiger partial charge on any atom is 0.123 e. The number of rotatable bonds is 2. The van der Waals surface area contributed by atoms with Crippen LogP contribution in [0.3, 0.4) is 0 Å². The summed E-state index contributed by atoms with van der Waals surface area (Å²) >= 11 is 0. The normalized spacial score (nSPS) is 25.0. The Morgan fingerprint density at radius 2 is 2.25 bits per heavy atom. The zero-order valence-corrected chi connectivity index (χ0v) is 9.65. The molecular formula is C13H18N2O. The first-order chi connectivity index (χ1) is 7.70. The number of ether oxygens (including phenoxy) is 1. The van der Waals surface area contributed by atoms with Gasteiger partial charge in [0.1, 0.15) is 11.9 Å². The molecular weight excluding hydrogens is 200 g/mol. The van der Waals surface area contributed by atoms with Gasteiger partial charge in [0.15, 0.2) is 0 Å². The summed E-state index contributed by atoms with van der Waals surface area (Å²) in [5.74, 6) is 1.07. The van der Waals surface area contributed by atoms with Crippen molar-refractivity contribution in [1.29, 1.82) is 0 Å². The van der Waals surface area contributed by atoms with E-state index in [4.69, 9.17) is 10.5 Å². The minimum absolute atomic E-state index is 0.323. The molecule has 3 nitrogen and oxygen atoms in total. The number of hydrogen-bond donors (Lipinski definition) is 1. The van der Waals surface area contributed by atoms with Crippen LogP contribution in [0.5, 0.6) is 5.75 Å². The maximum atomic E-state index is 5.92. The zero-order chi connectivity index (χ0) is 11.1. The van der Waals surface area contributed by atoms with Crippen LogP contribution in [0.4, 0.5) is 0 Å². The second-order valence-corrected chi connectivity index (χ2v) is 5.03. The molecule has 0 saturated carbocycles. The number of hydrogen-bond acceptors (Lipinski definition) is 3. The highest BCUT2D eigenvalue weighted by Crippen LogP contribution is 2.30. The molecule has 1 aromatic rings. The Hall–Kier alpha value is -1.06. The van der Waals surface area contributed by atoms with Gasteiger partial charge < -0.3 is 10.5 Å². The van der Waals surface area contributed by atoms with Gasteiger partial charge in [-0.25, -0.2) is 0 Å². The molecule has 1 atom stereocenters. The third-order valence-electron chi connectivity index (χ3n) is 3.40. The molecule has 2 heterocycles. The Kier molecular flexibility index (Phi) is 2.37. The Morgan fingerprint density at radius 3 is 3.00 bits per heavy atom. The molecule has 3 rings (SSSR count). The molecule has 16 heavy (non-hydrogen) atoms. The fourth-order valence-corrected chi connectivity index (χ4v) is 2.60. The summed E-state index contributed by atoms with van der Waals surface area (Å²) in [5.41, 5.74) is 8.43.